The zero-order valence-corrected chi connectivity index (χ0v) is 8.12. The van der Waals surface area contributed by atoms with Gasteiger partial charge in [0, 0.05) is 13.2 Å². The van der Waals surface area contributed by atoms with Gasteiger partial charge in [0.1, 0.15) is 0 Å². The van der Waals surface area contributed by atoms with Gasteiger partial charge in [0.05, 0.1) is 4.99 Å². The van der Waals surface area contributed by atoms with Crippen LogP contribution < -0.4 is 5.73 Å². The zero-order chi connectivity index (χ0) is 8.69. The van der Waals surface area contributed by atoms with Gasteiger partial charge in [0.15, 0.2) is 0 Å². The van der Waals surface area contributed by atoms with E-state index in [2.05, 4.69) is 13.8 Å². The second-order valence-corrected chi connectivity index (χ2v) is 3.56. The van der Waals surface area contributed by atoms with E-state index in [1.54, 1.807) is 0 Å². The third-order valence-electron chi connectivity index (χ3n) is 1.16. The van der Waals surface area contributed by atoms with Crippen LogP contribution in [0.25, 0.3) is 0 Å². The van der Waals surface area contributed by atoms with Crippen LogP contribution in [-0.4, -0.2) is 18.2 Å². The first-order valence-corrected chi connectivity index (χ1v) is 4.39. The molecule has 66 valence electrons. The van der Waals surface area contributed by atoms with Gasteiger partial charge in [-0.1, -0.05) is 26.1 Å². The van der Waals surface area contributed by atoms with Crippen LogP contribution in [0.5, 0.6) is 0 Å². The van der Waals surface area contributed by atoms with Gasteiger partial charge in [-0.15, -0.1) is 0 Å². The summed E-state index contributed by atoms with van der Waals surface area (Å²) in [5, 5.41) is 0. The molecule has 0 saturated carbocycles. The van der Waals surface area contributed by atoms with Gasteiger partial charge in [-0.2, -0.15) is 0 Å². The molecule has 0 aromatic heterocycles. The number of rotatable bonds is 6. The molecule has 0 heterocycles. The summed E-state index contributed by atoms with van der Waals surface area (Å²) in [7, 11) is 0. The van der Waals surface area contributed by atoms with E-state index in [1.165, 1.54) is 0 Å². The largest absolute Gasteiger partial charge is 0.393 e. The third-order valence-corrected chi connectivity index (χ3v) is 1.37. The predicted octanol–water partition coefficient (Wildman–Crippen LogP) is 1.73. The Morgan fingerprint density at radius 3 is 2.64 bits per heavy atom. The molecule has 3 heteroatoms. The highest BCUT2D eigenvalue weighted by molar-refractivity contribution is 7.80. The van der Waals surface area contributed by atoms with Crippen molar-refractivity contribution >= 4 is 17.2 Å². The Morgan fingerprint density at radius 1 is 1.55 bits per heavy atom. The van der Waals surface area contributed by atoms with Crippen molar-refractivity contribution in [3.8, 4) is 0 Å². The molecule has 0 aliphatic carbocycles. The Kier molecular flexibility index (Phi) is 6.46. The minimum Gasteiger partial charge on any atom is -0.393 e. The monoisotopic (exact) mass is 175 g/mol. The van der Waals surface area contributed by atoms with Crippen molar-refractivity contribution in [2.45, 2.75) is 26.7 Å². The SMILES string of the molecule is CC(C)COCCCC(N)=S. The lowest BCUT2D eigenvalue weighted by Gasteiger charge is -2.05. The van der Waals surface area contributed by atoms with E-state index in [0.29, 0.717) is 10.9 Å². The Labute approximate surface area is 74.1 Å². The lowest BCUT2D eigenvalue weighted by molar-refractivity contribution is 0.109. The topological polar surface area (TPSA) is 35.2 Å². The van der Waals surface area contributed by atoms with E-state index >= 15 is 0 Å². The van der Waals surface area contributed by atoms with Crippen molar-refractivity contribution in [2.24, 2.45) is 11.7 Å². The minimum absolute atomic E-state index is 0.582. The summed E-state index contributed by atoms with van der Waals surface area (Å²) in [6.07, 6.45) is 1.75. The molecule has 0 aromatic rings. The molecule has 0 spiro atoms. The van der Waals surface area contributed by atoms with Crippen molar-refractivity contribution in [2.75, 3.05) is 13.2 Å². The Hall–Kier alpha value is -0.150. The summed E-state index contributed by atoms with van der Waals surface area (Å²) in [5.41, 5.74) is 5.31. The lowest BCUT2D eigenvalue weighted by Crippen LogP contribution is -2.10. The molecule has 0 bridgehead atoms. The molecule has 2 nitrogen and oxygen atoms in total. The van der Waals surface area contributed by atoms with Gasteiger partial charge >= 0.3 is 0 Å². The first-order chi connectivity index (χ1) is 5.13. The van der Waals surface area contributed by atoms with Gasteiger partial charge < -0.3 is 10.5 Å². The molecule has 0 fully saturated rings. The van der Waals surface area contributed by atoms with Crippen molar-refractivity contribution < 1.29 is 4.74 Å². The van der Waals surface area contributed by atoms with Crippen LogP contribution in [0.15, 0.2) is 0 Å². The van der Waals surface area contributed by atoms with Crippen LogP contribution in [0.3, 0.4) is 0 Å². The van der Waals surface area contributed by atoms with Gasteiger partial charge in [0.2, 0.25) is 0 Å². The Bertz CT molecular complexity index is 115. The van der Waals surface area contributed by atoms with Crippen molar-refractivity contribution in [3.63, 3.8) is 0 Å². The van der Waals surface area contributed by atoms with E-state index in [9.17, 15) is 0 Å². The van der Waals surface area contributed by atoms with Crippen LogP contribution in [-0.2, 0) is 4.74 Å². The first kappa shape index (κ1) is 10.8. The second-order valence-electron chi connectivity index (χ2n) is 3.04. The van der Waals surface area contributed by atoms with Crippen molar-refractivity contribution in [1.29, 1.82) is 0 Å². The number of thiocarbonyl (C=S) groups is 1. The lowest BCUT2D eigenvalue weighted by atomic mass is 10.2. The Balaban J connectivity index is 2.97. The number of hydrogen-bond acceptors (Lipinski definition) is 2. The molecule has 0 aromatic carbocycles. The van der Waals surface area contributed by atoms with E-state index in [-0.39, 0.29) is 0 Å². The molecule has 11 heavy (non-hydrogen) atoms. The molecular weight excluding hydrogens is 158 g/mol. The fourth-order valence-corrected chi connectivity index (χ4v) is 0.812. The van der Waals surface area contributed by atoms with Gasteiger partial charge in [-0.05, 0) is 18.8 Å². The molecule has 0 unspecified atom stereocenters. The first-order valence-electron chi connectivity index (χ1n) is 3.99. The van der Waals surface area contributed by atoms with Crippen LogP contribution >= 0.6 is 12.2 Å². The second kappa shape index (κ2) is 6.55. The normalized spacial score (nSPS) is 10.5. The maximum absolute atomic E-state index is 5.33. The Morgan fingerprint density at radius 2 is 2.18 bits per heavy atom. The maximum Gasteiger partial charge on any atom is 0.0728 e. The van der Waals surface area contributed by atoms with Gasteiger partial charge in [-0.3, -0.25) is 0 Å². The third kappa shape index (κ3) is 9.85. The summed E-state index contributed by atoms with van der Waals surface area (Å²) in [5.74, 6) is 0.611. The highest BCUT2D eigenvalue weighted by Gasteiger charge is 1.94. The van der Waals surface area contributed by atoms with Crippen LogP contribution in [0.4, 0.5) is 0 Å². The maximum atomic E-state index is 5.33. The molecule has 0 saturated heterocycles. The predicted molar refractivity (Wildman–Crippen MR) is 51.7 cm³/mol. The van der Waals surface area contributed by atoms with E-state index in [4.69, 9.17) is 22.7 Å². The van der Waals surface area contributed by atoms with E-state index in [0.717, 1.165) is 26.1 Å². The molecule has 0 amide bonds. The molecule has 2 N–H and O–H groups in total. The van der Waals surface area contributed by atoms with Crippen LogP contribution in [0.1, 0.15) is 26.7 Å². The smallest absolute Gasteiger partial charge is 0.0728 e. The van der Waals surface area contributed by atoms with Crippen LogP contribution in [0, 0.1) is 5.92 Å². The zero-order valence-electron chi connectivity index (χ0n) is 7.30. The highest BCUT2D eigenvalue weighted by Crippen LogP contribution is 1.95. The average molecular weight is 175 g/mol. The van der Waals surface area contributed by atoms with E-state index in [1.807, 2.05) is 0 Å². The quantitative estimate of drug-likeness (QED) is 0.493. The molecule has 0 aliphatic rings. The van der Waals surface area contributed by atoms with E-state index < -0.39 is 0 Å². The number of nitrogens with two attached hydrogens (primary N) is 1. The summed E-state index contributed by atoms with van der Waals surface area (Å²) in [6.45, 7) is 5.87. The average Bonchev–Trinajstić information content (AvgIpc) is 1.85. The van der Waals surface area contributed by atoms with Gasteiger partial charge in [-0.25, -0.2) is 0 Å². The number of hydrogen-bond donors (Lipinski definition) is 1. The highest BCUT2D eigenvalue weighted by atomic mass is 32.1. The molecule has 0 atom stereocenters. The molecule has 0 aliphatic heterocycles. The summed E-state index contributed by atoms with van der Waals surface area (Å²) in [4.78, 5) is 0.582. The minimum atomic E-state index is 0.582. The molecule has 0 rings (SSSR count). The standard InChI is InChI=1S/C8H17NOS/c1-7(2)6-10-5-3-4-8(9)11/h7H,3-6H2,1-2H3,(H2,9,11). The summed E-state index contributed by atoms with van der Waals surface area (Å²) < 4.78 is 5.33. The molecule has 0 radical (unpaired) electrons. The summed E-state index contributed by atoms with van der Waals surface area (Å²) in [6, 6.07) is 0. The fraction of sp³-hybridized carbons (Fsp3) is 0.875. The summed E-state index contributed by atoms with van der Waals surface area (Å²) >= 11 is 4.72. The van der Waals surface area contributed by atoms with Crippen molar-refractivity contribution in [3.05, 3.63) is 0 Å². The fourth-order valence-electron chi connectivity index (χ4n) is 0.667. The van der Waals surface area contributed by atoms with Crippen molar-refractivity contribution in [1.82, 2.24) is 0 Å². The van der Waals surface area contributed by atoms with Crippen LogP contribution in [0.2, 0.25) is 0 Å². The number of ether oxygens (including phenoxy) is 1. The van der Waals surface area contributed by atoms with Gasteiger partial charge in [0.25, 0.3) is 0 Å². The molecular formula is C8H17NOS.